The summed E-state index contributed by atoms with van der Waals surface area (Å²) in [5, 5.41) is 8.30. The number of ketones is 1. The summed E-state index contributed by atoms with van der Waals surface area (Å²) in [6, 6.07) is 4.00. The monoisotopic (exact) mass is 240 g/mol. The van der Waals surface area contributed by atoms with E-state index in [9.17, 15) is 18.0 Å². The number of benzene rings is 1. The predicted octanol–water partition coefficient (Wildman–Crippen LogP) is 2.31. The van der Waals surface area contributed by atoms with E-state index in [0.29, 0.717) is 6.26 Å². The van der Waals surface area contributed by atoms with Crippen molar-refractivity contribution < 1.29 is 23.1 Å². The van der Waals surface area contributed by atoms with Crippen LogP contribution in [0.5, 0.6) is 0 Å². The maximum atomic E-state index is 12.2. The minimum atomic E-state index is -4.47. The molecule has 0 atom stereocenters. The van der Waals surface area contributed by atoms with Crippen LogP contribution in [-0.4, -0.2) is 40.4 Å². The molecular weight excluding hydrogens is 232 g/mol. The fourth-order valence-corrected chi connectivity index (χ4v) is 1.01. The molecule has 0 amide bonds. The zero-order valence-corrected chi connectivity index (χ0v) is 7.45. The van der Waals surface area contributed by atoms with Gasteiger partial charge in [0.25, 0.3) is 0 Å². The molecule has 0 saturated carbocycles. The van der Waals surface area contributed by atoms with Crippen LogP contribution in [0.15, 0.2) is 36.6 Å². The van der Waals surface area contributed by atoms with E-state index in [1.54, 1.807) is 0 Å². The van der Waals surface area contributed by atoms with Crippen LogP contribution in [0.3, 0.4) is 0 Å². The van der Waals surface area contributed by atoms with Crippen LogP contribution in [0, 0.1) is 0 Å². The van der Waals surface area contributed by atoms with Crippen molar-refractivity contribution in [3.8, 4) is 0 Å². The van der Waals surface area contributed by atoms with E-state index in [0.717, 1.165) is 24.3 Å². The zero-order chi connectivity index (χ0) is 11.5. The Morgan fingerprint density at radius 1 is 1.31 bits per heavy atom. The molecule has 0 unspecified atom stereocenters. The predicted molar refractivity (Wildman–Crippen MR) is 54.7 cm³/mol. The summed E-state index contributed by atoms with van der Waals surface area (Å²) in [5.74, 6) is -0.677. The Bertz CT molecular complexity index is 399. The van der Waals surface area contributed by atoms with Crippen molar-refractivity contribution in [2.75, 3.05) is 0 Å². The Morgan fingerprint density at radius 3 is 2.44 bits per heavy atom. The van der Waals surface area contributed by atoms with Crippen molar-refractivity contribution in [3.05, 3.63) is 47.7 Å². The van der Waals surface area contributed by atoms with Gasteiger partial charge in [0.2, 0.25) is 0 Å². The topological polar surface area (TPSA) is 37.3 Å². The van der Waals surface area contributed by atoms with E-state index >= 15 is 0 Å². The van der Waals surface area contributed by atoms with Gasteiger partial charge in [0.05, 0.1) is 11.8 Å². The number of halogens is 3. The van der Waals surface area contributed by atoms with Gasteiger partial charge in [-0.1, -0.05) is 12.1 Å². The summed E-state index contributed by atoms with van der Waals surface area (Å²) in [5.41, 5.74) is -1.00. The Balaban J connectivity index is 0.00000225. The zero-order valence-electron chi connectivity index (χ0n) is 7.45. The van der Waals surface area contributed by atoms with Gasteiger partial charge in [0.15, 0.2) is 5.78 Å². The SMILES string of the molecule is O=C(/C=C/O)c1cccc(C(F)(F)F)c1.[NaH]. The van der Waals surface area contributed by atoms with Gasteiger partial charge in [0.1, 0.15) is 0 Å². The van der Waals surface area contributed by atoms with Crippen molar-refractivity contribution in [1.82, 2.24) is 0 Å². The van der Waals surface area contributed by atoms with Gasteiger partial charge in [-0.05, 0) is 12.1 Å². The van der Waals surface area contributed by atoms with Gasteiger partial charge in [-0.25, -0.2) is 0 Å². The van der Waals surface area contributed by atoms with Crippen LogP contribution in [0.1, 0.15) is 15.9 Å². The summed E-state index contributed by atoms with van der Waals surface area (Å²) >= 11 is 0. The normalized spacial score (nSPS) is 11.2. The van der Waals surface area contributed by atoms with Gasteiger partial charge in [0, 0.05) is 11.6 Å². The maximum absolute atomic E-state index is 12.2. The molecular formula is C10H8F3NaO2. The number of carbonyl (C=O) groups is 1. The molecule has 1 rings (SSSR count). The Morgan fingerprint density at radius 2 is 1.94 bits per heavy atom. The number of carbonyl (C=O) groups excluding carboxylic acids is 1. The molecule has 16 heavy (non-hydrogen) atoms. The molecule has 0 aromatic heterocycles. The molecule has 2 nitrogen and oxygen atoms in total. The first-order chi connectivity index (χ1) is 6.95. The molecule has 0 saturated heterocycles. The molecule has 1 aromatic carbocycles. The second-order valence-corrected chi connectivity index (χ2v) is 2.76. The molecule has 0 spiro atoms. The molecule has 82 valence electrons. The third-order valence-electron chi connectivity index (χ3n) is 1.70. The molecule has 1 aromatic rings. The summed E-state index contributed by atoms with van der Waals surface area (Å²) in [6.07, 6.45) is -3.20. The molecule has 0 aliphatic rings. The first-order valence-corrected chi connectivity index (χ1v) is 3.97. The van der Waals surface area contributed by atoms with Gasteiger partial charge >= 0.3 is 35.7 Å². The Hall–Kier alpha value is -0.780. The van der Waals surface area contributed by atoms with E-state index in [2.05, 4.69) is 0 Å². The third-order valence-corrected chi connectivity index (χ3v) is 1.70. The quantitative estimate of drug-likeness (QED) is 0.373. The van der Waals surface area contributed by atoms with Crippen molar-refractivity contribution in [1.29, 1.82) is 0 Å². The van der Waals surface area contributed by atoms with Crippen LogP contribution in [0.2, 0.25) is 0 Å². The van der Waals surface area contributed by atoms with Crippen molar-refractivity contribution in [2.45, 2.75) is 6.18 Å². The van der Waals surface area contributed by atoms with Crippen LogP contribution in [-0.2, 0) is 6.18 Å². The first kappa shape index (κ1) is 15.2. The number of aliphatic hydroxyl groups excluding tert-OH is 1. The summed E-state index contributed by atoms with van der Waals surface area (Å²) in [7, 11) is 0. The summed E-state index contributed by atoms with van der Waals surface area (Å²) in [4.78, 5) is 11.1. The van der Waals surface area contributed by atoms with E-state index in [-0.39, 0.29) is 35.1 Å². The number of alkyl halides is 3. The molecule has 0 radical (unpaired) electrons. The van der Waals surface area contributed by atoms with Crippen LogP contribution >= 0.6 is 0 Å². The Kier molecular flexibility index (Phi) is 5.78. The number of allylic oxidation sites excluding steroid dienone is 1. The fourth-order valence-electron chi connectivity index (χ4n) is 1.01. The number of rotatable bonds is 2. The van der Waals surface area contributed by atoms with E-state index in [1.165, 1.54) is 6.07 Å². The second-order valence-electron chi connectivity index (χ2n) is 2.76. The van der Waals surface area contributed by atoms with Gasteiger partial charge in [-0.3, -0.25) is 4.79 Å². The third kappa shape index (κ3) is 4.00. The second kappa shape index (κ2) is 6.08. The van der Waals surface area contributed by atoms with Crippen LogP contribution < -0.4 is 0 Å². The average Bonchev–Trinajstić information content (AvgIpc) is 2.17. The van der Waals surface area contributed by atoms with Crippen LogP contribution in [0.4, 0.5) is 13.2 Å². The average molecular weight is 240 g/mol. The molecule has 6 heteroatoms. The Labute approximate surface area is 112 Å². The molecule has 0 bridgehead atoms. The van der Waals surface area contributed by atoms with Gasteiger partial charge in [-0.2, -0.15) is 13.2 Å². The van der Waals surface area contributed by atoms with E-state index in [1.807, 2.05) is 0 Å². The molecule has 1 N–H and O–H groups in total. The minimum absolute atomic E-state index is 0. The molecule has 0 heterocycles. The fraction of sp³-hybridized carbons (Fsp3) is 0.100. The summed E-state index contributed by atoms with van der Waals surface area (Å²) in [6.45, 7) is 0. The summed E-state index contributed by atoms with van der Waals surface area (Å²) < 4.78 is 36.7. The molecule has 0 aliphatic carbocycles. The van der Waals surface area contributed by atoms with Crippen LogP contribution in [0.25, 0.3) is 0 Å². The first-order valence-electron chi connectivity index (χ1n) is 3.97. The number of hydrogen-bond acceptors (Lipinski definition) is 2. The van der Waals surface area contributed by atoms with E-state index in [4.69, 9.17) is 5.11 Å². The number of aliphatic hydroxyl groups is 1. The standard InChI is InChI=1S/C10H7F3O2.Na.H/c11-10(12,13)8-3-1-2-7(6-8)9(15)4-5-14;;/h1-6,14H;;/b5-4+;;. The molecule has 0 fully saturated rings. The van der Waals surface area contributed by atoms with Crippen molar-refractivity contribution >= 4 is 35.3 Å². The van der Waals surface area contributed by atoms with Crippen molar-refractivity contribution in [3.63, 3.8) is 0 Å². The molecule has 0 aliphatic heterocycles. The van der Waals surface area contributed by atoms with Crippen molar-refractivity contribution in [2.24, 2.45) is 0 Å². The number of hydrogen-bond donors (Lipinski definition) is 1. The van der Waals surface area contributed by atoms with E-state index < -0.39 is 17.5 Å². The van der Waals surface area contributed by atoms with Gasteiger partial charge < -0.3 is 5.11 Å². The van der Waals surface area contributed by atoms with Gasteiger partial charge in [-0.15, -0.1) is 0 Å².